The zero-order valence-corrected chi connectivity index (χ0v) is 20.7. The number of hydrogen-bond acceptors (Lipinski definition) is 5. The van der Waals surface area contributed by atoms with E-state index in [1.54, 1.807) is 60.7 Å². The van der Waals surface area contributed by atoms with Gasteiger partial charge in [-0.3, -0.25) is 35.1 Å². The average Bonchev–Trinajstić information content (AvgIpc) is 3.17. The fraction of sp³-hybridized carbons (Fsp3) is 0.107. The van der Waals surface area contributed by atoms with Crippen molar-refractivity contribution in [2.24, 2.45) is 0 Å². The number of aromatic nitrogens is 1. The molecule has 2 heterocycles. The van der Waals surface area contributed by atoms with Crippen LogP contribution in [0.3, 0.4) is 0 Å². The van der Waals surface area contributed by atoms with Gasteiger partial charge in [-0.25, -0.2) is 4.39 Å². The molecule has 1 atom stereocenters. The minimum atomic E-state index is -0.536. The Kier molecular flexibility index (Phi) is 7.05. The van der Waals surface area contributed by atoms with Gasteiger partial charge in [0.05, 0.1) is 17.2 Å². The van der Waals surface area contributed by atoms with E-state index in [9.17, 15) is 18.8 Å². The van der Waals surface area contributed by atoms with Crippen LogP contribution in [0.4, 0.5) is 4.39 Å². The lowest BCUT2D eigenvalue weighted by molar-refractivity contribution is 0.0641. The summed E-state index contributed by atoms with van der Waals surface area (Å²) >= 11 is 5.39. The smallest absolute Gasteiger partial charge is 0.288 e. The van der Waals surface area contributed by atoms with Gasteiger partial charge in [-0.15, -0.1) is 0 Å². The summed E-state index contributed by atoms with van der Waals surface area (Å²) in [7, 11) is 0. The fourth-order valence-corrected chi connectivity index (χ4v) is 4.54. The Balaban J connectivity index is 1.29. The summed E-state index contributed by atoms with van der Waals surface area (Å²) in [6, 6.07) is 21.9. The highest BCUT2D eigenvalue weighted by Crippen LogP contribution is 2.23. The van der Waals surface area contributed by atoms with Crippen LogP contribution in [0, 0.1) is 11.9 Å². The molecule has 1 aliphatic heterocycles. The van der Waals surface area contributed by atoms with Crippen molar-refractivity contribution >= 4 is 45.8 Å². The van der Waals surface area contributed by atoms with E-state index in [2.05, 4.69) is 27.2 Å². The third kappa shape index (κ3) is 5.21. The highest BCUT2D eigenvalue weighted by Gasteiger charge is 2.36. The summed E-state index contributed by atoms with van der Waals surface area (Å²) in [6.07, 6.45) is 1.85. The number of hydrazine groups is 1. The van der Waals surface area contributed by atoms with E-state index in [4.69, 9.17) is 12.2 Å². The highest BCUT2D eigenvalue weighted by molar-refractivity contribution is 7.80. The predicted molar refractivity (Wildman–Crippen MR) is 143 cm³/mol. The summed E-state index contributed by atoms with van der Waals surface area (Å²) < 4.78 is 13.4. The molecule has 0 saturated carbocycles. The van der Waals surface area contributed by atoms with E-state index >= 15 is 0 Å². The molecule has 3 aromatic carbocycles. The van der Waals surface area contributed by atoms with Crippen molar-refractivity contribution < 1.29 is 18.8 Å². The summed E-state index contributed by atoms with van der Waals surface area (Å²) in [5.41, 5.74) is 6.85. The largest absolute Gasteiger partial charge is 0.356 e. The van der Waals surface area contributed by atoms with E-state index in [-0.39, 0.29) is 23.2 Å². The van der Waals surface area contributed by atoms with Crippen LogP contribution in [-0.4, -0.2) is 45.3 Å². The van der Waals surface area contributed by atoms with Gasteiger partial charge >= 0.3 is 0 Å². The topological polar surface area (TPSA) is 103 Å². The molecular weight excluding hydrogens is 505 g/mol. The van der Waals surface area contributed by atoms with Crippen LogP contribution in [0.5, 0.6) is 0 Å². The maximum Gasteiger partial charge on any atom is 0.288 e. The first-order valence-corrected chi connectivity index (χ1v) is 12.1. The molecule has 0 saturated heterocycles. The Bertz CT molecular complexity index is 1520. The van der Waals surface area contributed by atoms with Crippen molar-refractivity contribution in [3.63, 3.8) is 0 Å². The zero-order chi connectivity index (χ0) is 26.6. The molecule has 1 radical (unpaired) electrons. The standard InChI is InChI=1S/C28H21FN5O3S/c29-19-11-9-17(10-12-19)15-20(16-34-26(36)22-7-3-4-8-23(22)27(34)37)31-28(38)33-32-25(35)24-21-6-2-1-5-18(21)13-14-30-24/h2-14,20H,15-16H2,(H,32,35)(H2,31,33,38)/t20-/m0/s1. The molecule has 3 N–H and O–H groups in total. The first kappa shape index (κ1) is 25.0. The molecule has 0 fully saturated rings. The van der Waals surface area contributed by atoms with Crippen molar-refractivity contribution in [2.75, 3.05) is 6.54 Å². The first-order chi connectivity index (χ1) is 18.4. The van der Waals surface area contributed by atoms with Crippen LogP contribution in [0.1, 0.15) is 36.8 Å². The van der Waals surface area contributed by atoms with E-state index in [0.29, 0.717) is 22.9 Å². The van der Waals surface area contributed by atoms with Crippen molar-refractivity contribution in [3.8, 4) is 0 Å². The molecule has 1 aromatic heterocycles. The van der Waals surface area contributed by atoms with Crippen molar-refractivity contribution in [2.45, 2.75) is 12.5 Å². The minimum Gasteiger partial charge on any atom is -0.356 e. The van der Waals surface area contributed by atoms with Crippen molar-refractivity contribution in [1.82, 2.24) is 26.1 Å². The number of nitrogens with one attached hydrogen (secondary N) is 3. The van der Waals surface area contributed by atoms with Gasteiger partial charge in [0.2, 0.25) is 0 Å². The Morgan fingerprint density at radius 1 is 1.00 bits per heavy atom. The molecule has 0 bridgehead atoms. The van der Waals surface area contributed by atoms with Crippen molar-refractivity contribution in [1.29, 1.82) is 0 Å². The SMILES string of the molecule is O=C(NNC(=S)N[C@@H](Cc1ccc(F)cc1)CN1C(=O)c2ccccc2C1=O)c1nccc2c[c]ccc12. The van der Waals surface area contributed by atoms with Crippen molar-refractivity contribution in [3.05, 3.63) is 113 Å². The van der Waals surface area contributed by atoms with Crippen LogP contribution in [-0.2, 0) is 6.42 Å². The molecule has 1 aliphatic rings. The third-order valence-electron chi connectivity index (χ3n) is 6.13. The number of pyridine rings is 1. The second-order valence-electron chi connectivity index (χ2n) is 8.65. The minimum absolute atomic E-state index is 0.000861. The van der Waals surface area contributed by atoms with Gasteiger partial charge < -0.3 is 5.32 Å². The number of halogens is 1. The Morgan fingerprint density at radius 3 is 2.42 bits per heavy atom. The highest BCUT2D eigenvalue weighted by atomic mass is 32.1. The third-order valence-corrected chi connectivity index (χ3v) is 6.35. The molecular formula is C28H21FN5O3S. The van der Waals surface area contributed by atoms with Crippen LogP contribution < -0.4 is 16.2 Å². The molecule has 38 heavy (non-hydrogen) atoms. The molecule has 3 amide bonds. The number of imide groups is 1. The lowest BCUT2D eigenvalue weighted by Gasteiger charge is -2.25. The van der Waals surface area contributed by atoms with Gasteiger partial charge in [-0.2, -0.15) is 0 Å². The quantitative estimate of drug-likeness (QED) is 0.201. The van der Waals surface area contributed by atoms with Crippen LogP contribution >= 0.6 is 12.2 Å². The van der Waals surface area contributed by atoms with Gasteiger partial charge in [0.15, 0.2) is 5.11 Å². The van der Waals surface area contributed by atoms with E-state index in [0.717, 1.165) is 15.8 Å². The Hall–Kier alpha value is -4.70. The number of amides is 3. The predicted octanol–water partition coefficient (Wildman–Crippen LogP) is 3.19. The first-order valence-electron chi connectivity index (χ1n) is 11.7. The second kappa shape index (κ2) is 10.7. The van der Waals surface area contributed by atoms with Gasteiger partial charge in [0.25, 0.3) is 17.7 Å². The molecule has 10 heteroatoms. The molecule has 5 rings (SSSR count). The van der Waals surface area contributed by atoms with Gasteiger partial charge in [0, 0.05) is 18.1 Å². The number of carbonyl (C=O) groups is 3. The van der Waals surface area contributed by atoms with Gasteiger partial charge in [0.1, 0.15) is 11.5 Å². The maximum absolute atomic E-state index is 13.4. The lowest BCUT2D eigenvalue weighted by Crippen LogP contribution is -2.53. The number of thiocarbonyl (C=S) groups is 1. The monoisotopic (exact) mass is 526 g/mol. The molecule has 8 nitrogen and oxygen atoms in total. The lowest BCUT2D eigenvalue weighted by atomic mass is 10.1. The molecule has 0 spiro atoms. The molecule has 0 unspecified atom stereocenters. The number of fused-ring (bicyclic) bond motifs is 2. The fourth-order valence-electron chi connectivity index (χ4n) is 4.33. The van der Waals surface area contributed by atoms with E-state index in [1.165, 1.54) is 18.3 Å². The van der Waals surface area contributed by atoms with Gasteiger partial charge in [-0.05, 0) is 72.1 Å². The number of carbonyl (C=O) groups excluding carboxylic acids is 3. The Labute approximate surface area is 222 Å². The summed E-state index contributed by atoms with van der Waals surface area (Å²) in [5.74, 6) is -1.68. The van der Waals surface area contributed by atoms with Gasteiger partial charge in [-0.1, -0.05) is 36.4 Å². The second-order valence-corrected chi connectivity index (χ2v) is 9.06. The maximum atomic E-state index is 13.4. The Morgan fingerprint density at radius 2 is 1.71 bits per heavy atom. The number of rotatable bonds is 6. The summed E-state index contributed by atoms with van der Waals surface area (Å²) in [5, 5.41) is 4.59. The molecule has 189 valence electrons. The molecule has 0 aliphatic carbocycles. The number of nitrogens with zero attached hydrogens (tertiary/aromatic N) is 2. The average molecular weight is 527 g/mol. The van der Waals surface area contributed by atoms with Crippen LogP contribution in [0.15, 0.2) is 79.0 Å². The van der Waals surface area contributed by atoms with E-state index in [1.807, 2.05) is 0 Å². The zero-order valence-electron chi connectivity index (χ0n) is 19.9. The van der Waals surface area contributed by atoms with Crippen LogP contribution in [0.2, 0.25) is 0 Å². The van der Waals surface area contributed by atoms with Crippen LogP contribution in [0.25, 0.3) is 10.8 Å². The van der Waals surface area contributed by atoms with E-state index < -0.39 is 23.8 Å². The molecule has 4 aromatic rings. The summed E-state index contributed by atoms with van der Waals surface area (Å²) in [4.78, 5) is 44.0. The number of hydrogen-bond donors (Lipinski definition) is 3. The normalized spacial score (nSPS) is 13.2. The summed E-state index contributed by atoms with van der Waals surface area (Å²) in [6.45, 7) is 0.000861. The number of benzene rings is 3.